The van der Waals surface area contributed by atoms with E-state index in [4.69, 9.17) is 4.74 Å². The van der Waals surface area contributed by atoms with Gasteiger partial charge in [0.05, 0.1) is 12.5 Å². The van der Waals surface area contributed by atoms with Gasteiger partial charge < -0.3 is 4.74 Å². The Morgan fingerprint density at radius 1 is 0.889 bits per heavy atom. The number of hydrogen-bond donors (Lipinski definition) is 0. The van der Waals surface area contributed by atoms with Crippen LogP contribution in [0.25, 0.3) is 0 Å². The van der Waals surface area contributed by atoms with E-state index < -0.39 is 11.9 Å². The fraction of sp³-hybridized carbons (Fsp3) is 0.540. The molecule has 0 N–H and O–H groups in total. The van der Waals surface area contributed by atoms with Crippen LogP contribution in [-0.4, -0.2) is 24.1 Å². The van der Waals surface area contributed by atoms with Crippen LogP contribution in [0.4, 0.5) is 0 Å². The SMILES string of the molecule is C=C(CC1=CCC(=C)C(C(C)(C)C)C1)C(=O)C(=C)C(CCC)C(=C)C(=C)[C@H]1CC(CCc2ccccc2)CC1C(=O)C(C(=C)C(=O)OCC(C)C)C(C)C. The summed E-state index contributed by atoms with van der Waals surface area (Å²) in [5.41, 5.74) is 6.67. The number of ether oxygens (including phenoxy) is 1. The maximum absolute atomic E-state index is 14.7. The molecule has 1 aromatic carbocycles. The van der Waals surface area contributed by atoms with E-state index in [9.17, 15) is 14.4 Å². The number of aryl methyl sites for hydroxylation is 1. The van der Waals surface area contributed by atoms with Gasteiger partial charge in [0, 0.05) is 23.0 Å². The first-order chi connectivity index (χ1) is 25.3. The quantitative estimate of drug-likeness (QED) is 0.0579. The molecule has 5 unspecified atom stereocenters. The van der Waals surface area contributed by atoms with Gasteiger partial charge in [-0.3, -0.25) is 9.59 Å². The minimum absolute atomic E-state index is 0.0185. The number of benzene rings is 1. The number of rotatable bonds is 20. The van der Waals surface area contributed by atoms with Crippen molar-refractivity contribution >= 4 is 17.5 Å². The molecule has 0 heterocycles. The average Bonchev–Trinajstić information content (AvgIpc) is 3.55. The van der Waals surface area contributed by atoms with Crippen molar-refractivity contribution in [2.45, 2.75) is 113 Å². The summed E-state index contributed by atoms with van der Waals surface area (Å²) in [7, 11) is 0. The molecular formula is C50H70O4. The van der Waals surface area contributed by atoms with Gasteiger partial charge in [0.25, 0.3) is 0 Å². The van der Waals surface area contributed by atoms with E-state index in [1.54, 1.807) is 0 Å². The zero-order valence-corrected chi connectivity index (χ0v) is 35.0. The van der Waals surface area contributed by atoms with Crippen molar-refractivity contribution in [3.05, 3.63) is 120 Å². The third kappa shape index (κ3) is 11.6. The molecule has 1 fully saturated rings. The molecule has 0 radical (unpaired) electrons. The Morgan fingerprint density at radius 3 is 2.09 bits per heavy atom. The zero-order valence-electron chi connectivity index (χ0n) is 35.0. The summed E-state index contributed by atoms with van der Waals surface area (Å²) in [5, 5.41) is 0. The van der Waals surface area contributed by atoms with E-state index >= 15 is 0 Å². The standard InChI is InChI=1S/C50H70O4/c1-15-19-42(37(10)47(51)34(7)26-40-23-22-33(6)45(29-40)50(12,13)14)35(8)36(9)43-27-41(25-24-39-20-17-16-18-21-39)28-44(43)48(52)46(32(4)5)38(11)49(53)54-30-31(2)3/h16-18,20-21,23,31-32,41-46H,6-11,15,19,22,24-30H2,1-5,12-14H3/t41?,42?,43-,44?,45?,46?/m1/s1. The van der Waals surface area contributed by atoms with Gasteiger partial charge in [-0.05, 0) is 109 Å². The second-order valence-corrected chi connectivity index (χ2v) is 18.1. The Balaban J connectivity index is 1.87. The van der Waals surface area contributed by atoms with Crippen LogP contribution in [-0.2, 0) is 25.5 Å². The van der Waals surface area contributed by atoms with Gasteiger partial charge in [-0.1, -0.05) is 149 Å². The van der Waals surface area contributed by atoms with Gasteiger partial charge in [-0.15, -0.1) is 0 Å². The minimum atomic E-state index is -0.665. The summed E-state index contributed by atoms with van der Waals surface area (Å²) in [6, 6.07) is 10.4. The molecule has 2 aliphatic rings. The molecule has 0 aromatic heterocycles. The highest BCUT2D eigenvalue weighted by Gasteiger charge is 2.45. The lowest BCUT2D eigenvalue weighted by atomic mass is 9.69. The van der Waals surface area contributed by atoms with Gasteiger partial charge in [0.1, 0.15) is 5.78 Å². The van der Waals surface area contributed by atoms with E-state index in [0.717, 1.165) is 49.7 Å². The molecule has 0 saturated heterocycles. The largest absolute Gasteiger partial charge is 0.462 e. The number of carbonyl (C=O) groups excluding carboxylic acids is 3. The number of carbonyl (C=O) groups is 3. The fourth-order valence-corrected chi connectivity index (χ4v) is 8.71. The summed E-state index contributed by atoms with van der Waals surface area (Å²) in [6.07, 6.45) is 9.31. The lowest BCUT2D eigenvalue weighted by molar-refractivity contribution is -0.143. The molecule has 4 heteroatoms. The topological polar surface area (TPSA) is 60.4 Å². The molecule has 0 aliphatic heterocycles. The Hall–Kier alpha value is -3.79. The van der Waals surface area contributed by atoms with Crippen LogP contribution in [0.5, 0.6) is 0 Å². The number of hydrogen-bond acceptors (Lipinski definition) is 4. The molecule has 4 nitrogen and oxygen atoms in total. The summed E-state index contributed by atoms with van der Waals surface area (Å²) < 4.78 is 5.55. The van der Waals surface area contributed by atoms with Crippen LogP contribution in [0.1, 0.15) is 112 Å². The summed E-state index contributed by atoms with van der Waals surface area (Å²) >= 11 is 0. The van der Waals surface area contributed by atoms with Gasteiger partial charge in [0.2, 0.25) is 0 Å². The summed E-state index contributed by atoms with van der Waals surface area (Å²) in [4.78, 5) is 41.9. The predicted molar refractivity (Wildman–Crippen MR) is 227 cm³/mol. The second kappa shape index (κ2) is 19.7. The van der Waals surface area contributed by atoms with Crippen molar-refractivity contribution in [1.29, 1.82) is 0 Å². The van der Waals surface area contributed by atoms with Gasteiger partial charge in [0.15, 0.2) is 5.78 Å². The molecule has 0 bridgehead atoms. The maximum atomic E-state index is 14.7. The Labute approximate surface area is 328 Å². The van der Waals surface area contributed by atoms with Crippen LogP contribution in [0.3, 0.4) is 0 Å². The Morgan fingerprint density at radius 2 is 1.52 bits per heavy atom. The fourth-order valence-electron chi connectivity index (χ4n) is 8.71. The lowest BCUT2D eigenvalue weighted by Gasteiger charge is -2.36. The van der Waals surface area contributed by atoms with Crippen molar-refractivity contribution in [3.63, 3.8) is 0 Å². The van der Waals surface area contributed by atoms with Crippen molar-refractivity contribution in [2.24, 2.45) is 52.8 Å². The third-order valence-corrected chi connectivity index (χ3v) is 11.9. The number of ketones is 2. The van der Waals surface area contributed by atoms with Crippen LogP contribution in [0.15, 0.2) is 115 Å². The smallest absolute Gasteiger partial charge is 0.334 e. The van der Waals surface area contributed by atoms with E-state index in [0.29, 0.717) is 36.3 Å². The molecule has 54 heavy (non-hydrogen) atoms. The van der Waals surface area contributed by atoms with E-state index in [1.165, 1.54) is 16.7 Å². The van der Waals surface area contributed by atoms with Gasteiger partial charge in [-0.2, -0.15) is 0 Å². The average molecular weight is 735 g/mol. The molecular weight excluding hydrogens is 665 g/mol. The zero-order chi connectivity index (χ0) is 40.5. The first-order valence-corrected chi connectivity index (χ1v) is 20.4. The lowest BCUT2D eigenvalue weighted by Crippen LogP contribution is -2.34. The first kappa shape index (κ1) is 44.6. The third-order valence-electron chi connectivity index (χ3n) is 11.9. The van der Waals surface area contributed by atoms with Crippen molar-refractivity contribution in [2.75, 3.05) is 6.61 Å². The Bertz CT molecular complexity index is 1620. The van der Waals surface area contributed by atoms with E-state index in [-0.39, 0.29) is 64.7 Å². The molecule has 2 aliphatic carbocycles. The van der Waals surface area contributed by atoms with Crippen molar-refractivity contribution in [3.8, 4) is 0 Å². The Kier molecular flexibility index (Phi) is 16.3. The van der Waals surface area contributed by atoms with Crippen LogP contribution >= 0.6 is 0 Å². The summed E-state index contributed by atoms with van der Waals surface area (Å²) in [5.74, 6) is -1.43. The first-order valence-electron chi connectivity index (χ1n) is 20.4. The molecule has 3 rings (SSSR count). The maximum Gasteiger partial charge on any atom is 0.334 e. The van der Waals surface area contributed by atoms with Crippen LogP contribution < -0.4 is 0 Å². The second-order valence-electron chi connectivity index (χ2n) is 18.1. The van der Waals surface area contributed by atoms with Crippen LogP contribution in [0, 0.1) is 52.8 Å². The molecule has 294 valence electrons. The molecule has 0 spiro atoms. The van der Waals surface area contributed by atoms with E-state index in [1.807, 2.05) is 33.8 Å². The van der Waals surface area contributed by atoms with Crippen molar-refractivity contribution in [1.82, 2.24) is 0 Å². The minimum Gasteiger partial charge on any atom is -0.462 e. The molecule has 6 atom stereocenters. The summed E-state index contributed by atoms with van der Waals surface area (Å²) in [6.45, 7) is 43.3. The van der Waals surface area contributed by atoms with Crippen molar-refractivity contribution < 1.29 is 19.1 Å². The van der Waals surface area contributed by atoms with Crippen LogP contribution in [0.2, 0.25) is 0 Å². The molecule has 1 aromatic rings. The molecule has 1 saturated carbocycles. The normalized spacial score (nSPS) is 21.3. The predicted octanol–water partition coefficient (Wildman–Crippen LogP) is 12.4. The number of Topliss-reactive ketones (excluding diaryl/α,β-unsaturated/α-hetero) is 2. The van der Waals surface area contributed by atoms with Gasteiger partial charge in [-0.25, -0.2) is 4.79 Å². The number of esters is 1. The highest BCUT2D eigenvalue weighted by Crippen LogP contribution is 2.48. The van der Waals surface area contributed by atoms with Gasteiger partial charge >= 0.3 is 5.97 Å². The highest BCUT2D eigenvalue weighted by molar-refractivity contribution is 6.08. The molecule has 0 amide bonds. The highest BCUT2D eigenvalue weighted by atomic mass is 16.5. The monoisotopic (exact) mass is 735 g/mol. The van der Waals surface area contributed by atoms with E-state index in [2.05, 4.69) is 97.5 Å². The number of allylic oxidation sites excluding steroid dienone is 7.